The van der Waals surface area contributed by atoms with Crippen molar-refractivity contribution in [3.63, 3.8) is 0 Å². The van der Waals surface area contributed by atoms with E-state index in [1.54, 1.807) is 11.1 Å². The molecule has 0 aromatic carbocycles. The summed E-state index contributed by atoms with van der Waals surface area (Å²) in [6.07, 6.45) is 7.79. The predicted octanol–water partition coefficient (Wildman–Crippen LogP) is 0.415. The first-order valence-electron chi connectivity index (χ1n) is 4.52. The number of hydrogen-bond donors (Lipinski definition) is 0. The highest BCUT2D eigenvalue weighted by atomic mass is 16.1. The Labute approximate surface area is 77.1 Å². The number of aromatic nitrogens is 2. The van der Waals surface area contributed by atoms with Crippen LogP contribution in [0.2, 0.25) is 0 Å². The standard InChI is InChI=1S/C9H12N3O/c13-8-11-5-1-3-9(11)7-12-6-2-4-10-12/h2,4,6,9H,1,3,5,7H2/t9-/m0/s1. The Morgan fingerprint density at radius 2 is 2.54 bits per heavy atom. The molecular weight excluding hydrogens is 166 g/mol. The van der Waals surface area contributed by atoms with E-state index in [1.165, 1.54) is 0 Å². The number of rotatable bonds is 3. The summed E-state index contributed by atoms with van der Waals surface area (Å²) in [4.78, 5) is 12.3. The first-order chi connectivity index (χ1) is 6.40. The van der Waals surface area contributed by atoms with Crippen LogP contribution in [0.5, 0.6) is 0 Å². The van der Waals surface area contributed by atoms with Crippen LogP contribution in [-0.2, 0) is 11.3 Å². The van der Waals surface area contributed by atoms with E-state index < -0.39 is 0 Å². The third-order valence-electron chi connectivity index (χ3n) is 2.45. The molecule has 1 amide bonds. The van der Waals surface area contributed by atoms with Crippen LogP contribution in [0.1, 0.15) is 12.8 Å². The third kappa shape index (κ3) is 1.71. The fraction of sp³-hybridized carbons (Fsp3) is 0.556. The average molecular weight is 178 g/mol. The van der Waals surface area contributed by atoms with Gasteiger partial charge in [0.2, 0.25) is 0 Å². The van der Waals surface area contributed by atoms with Gasteiger partial charge in [-0.2, -0.15) is 5.10 Å². The molecule has 0 N–H and O–H groups in total. The van der Waals surface area contributed by atoms with Crippen LogP contribution in [0.25, 0.3) is 0 Å². The smallest absolute Gasteiger partial charge is 0.312 e. The van der Waals surface area contributed by atoms with Crippen LogP contribution in [0.4, 0.5) is 0 Å². The molecule has 2 rings (SSSR count). The molecule has 0 unspecified atom stereocenters. The summed E-state index contributed by atoms with van der Waals surface area (Å²) >= 11 is 0. The molecule has 1 fully saturated rings. The van der Waals surface area contributed by atoms with E-state index in [0.717, 1.165) is 25.9 Å². The second kappa shape index (κ2) is 3.60. The van der Waals surface area contributed by atoms with Crippen LogP contribution in [0.3, 0.4) is 0 Å². The molecule has 0 spiro atoms. The van der Waals surface area contributed by atoms with E-state index >= 15 is 0 Å². The van der Waals surface area contributed by atoms with Gasteiger partial charge < -0.3 is 4.90 Å². The Balaban J connectivity index is 1.97. The zero-order valence-corrected chi connectivity index (χ0v) is 7.39. The molecule has 4 nitrogen and oxygen atoms in total. The molecule has 13 heavy (non-hydrogen) atoms. The third-order valence-corrected chi connectivity index (χ3v) is 2.45. The van der Waals surface area contributed by atoms with Crippen molar-refractivity contribution in [3.05, 3.63) is 18.5 Å². The first-order valence-corrected chi connectivity index (χ1v) is 4.52. The van der Waals surface area contributed by atoms with E-state index in [1.807, 2.05) is 23.4 Å². The monoisotopic (exact) mass is 178 g/mol. The molecule has 1 aromatic heterocycles. The van der Waals surface area contributed by atoms with Crippen LogP contribution < -0.4 is 0 Å². The van der Waals surface area contributed by atoms with Gasteiger partial charge in [0.05, 0.1) is 12.6 Å². The lowest BCUT2D eigenvalue weighted by Gasteiger charge is -2.18. The van der Waals surface area contributed by atoms with Gasteiger partial charge in [-0.15, -0.1) is 0 Å². The molecule has 0 saturated carbocycles. The summed E-state index contributed by atoms with van der Waals surface area (Å²) in [6, 6.07) is 2.18. The second-order valence-electron chi connectivity index (χ2n) is 3.31. The summed E-state index contributed by atoms with van der Waals surface area (Å²) in [5, 5.41) is 4.11. The average Bonchev–Trinajstić information content (AvgIpc) is 2.76. The predicted molar refractivity (Wildman–Crippen MR) is 47.6 cm³/mol. The molecule has 1 aliphatic rings. The van der Waals surface area contributed by atoms with Gasteiger partial charge >= 0.3 is 6.41 Å². The molecule has 1 saturated heterocycles. The fourth-order valence-corrected chi connectivity index (χ4v) is 1.77. The molecule has 0 bridgehead atoms. The highest BCUT2D eigenvalue weighted by molar-refractivity contribution is 5.49. The Bertz CT molecular complexity index is 270. The van der Waals surface area contributed by atoms with Crippen LogP contribution in [-0.4, -0.2) is 33.7 Å². The molecule has 4 heteroatoms. The summed E-state index contributed by atoms with van der Waals surface area (Å²) in [6.45, 7) is 1.64. The molecule has 69 valence electrons. The highest BCUT2D eigenvalue weighted by Gasteiger charge is 2.23. The summed E-state index contributed by atoms with van der Waals surface area (Å²) in [5.74, 6) is 0. The lowest BCUT2D eigenvalue weighted by atomic mass is 10.2. The van der Waals surface area contributed by atoms with E-state index in [4.69, 9.17) is 0 Å². The maximum atomic E-state index is 10.5. The van der Waals surface area contributed by atoms with Crippen molar-refractivity contribution in [2.45, 2.75) is 25.4 Å². The lowest BCUT2D eigenvalue weighted by Crippen LogP contribution is -2.31. The van der Waals surface area contributed by atoms with Crippen LogP contribution in [0.15, 0.2) is 18.5 Å². The lowest BCUT2D eigenvalue weighted by molar-refractivity contribution is 0.317. The van der Waals surface area contributed by atoms with Gasteiger partial charge in [-0.1, -0.05) is 0 Å². The van der Waals surface area contributed by atoms with Gasteiger partial charge in [0.25, 0.3) is 0 Å². The highest BCUT2D eigenvalue weighted by Crippen LogP contribution is 2.16. The van der Waals surface area contributed by atoms with E-state index in [0.29, 0.717) is 0 Å². The van der Waals surface area contributed by atoms with Gasteiger partial charge in [0, 0.05) is 18.9 Å². The van der Waals surface area contributed by atoms with E-state index in [9.17, 15) is 4.79 Å². The van der Waals surface area contributed by atoms with Crippen molar-refractivity contribution >= 4 is 6.41 Å². The first kappa shape index (κ1) is 8.29. The topological polar surface area (TPSA) is 38.1 Å². The van der Waals surface area contributed by atoms with Crippen molar-refractivity contribution in [1.29, 1.82) is 0 Å². The zero-order valence-electron chi connectivity index (χ0n) is 7.39. The molecule has 1 aliphatic heterocycles. The molecule has 0 aliphatic carbocycles. The second-order valence-corrected chi connectivity index (χ2v) is 3.31. The van der Waals surface area contributed by atoms with E-state index in [2.05, 4.69) is 5.10 Å². The Hall–Kier alpha value is -1.32. The molecule has 1 aromatic rings. The molecule has 1 atom stereocenters. The van der Waals surface area contributed by atoms with Crippen molar-refractivity contribution in [2.24, 2.45) is 0 Å². The van der Waals surface area contributed by atoms with Gasteiger partial charge in [-0.3, -0.25) is 9.48 Å². The van der Waals surface area contributed by atoms with Crippen LogP contribution >= 0.6 is 0 Å². The molecular formula is C9H12N3O. The molecule has 1 radical (unpaired) electrons. The maximum Gasteiger partial charge on any atom is 0.312 e. The normalized spacial score (nSPS) is 22.2. The number of carbonyl (C=O) groups excluding carboxylic acids is 1. The van der Waals surface area contributed by atoms with Crippen molar-refractivity contribution in [1.82, 2.24) is 14.7 Å². The number of amides is 1. The van der Waals surface area contributed by atoms with Crippen molar-refractivity contribution in [3.8, 4) is 0 Å². The Morgan fingerprint density at radius 3 is 3.23 bits per heavy atom. The number of likely N-dealkylation sites (tertiary alicyclic amines) is 1. The van der Waals surface area contributed by atoms with Gasteiger partial charge in [-0.05, 0) is 18.9 Å². The minimum Gasteiger partial charge on any atom is -0.330 e. The summed E-state index contributed by atoms with van der Waals surface area (Å²) in [7, 11) is 0. The zero-order chi connectivity index (χ0) is 9.10. The summed E-state index contributed by atoms with van der Waals surface area (Å²) < 4.78 is 1.86. The quantitative estimate of drug-likeness (QED) is 0.672. The minimum atomic E-state index is 0.289. The SMILES string of the molecule is O=[C]N1CCC[C@H]1Cn1cccn1. The largest absolute Gasteiger partial charge is 0.330 e. The number of nitrogens with zero attached hydrogens (tertiary/aromatic N) is 3. The minimum absolute atomic E-state index is 0.289. The van der Waals surface area contributed by atoms with Crippen LogP contribution in [0, 0.1) is 0 Å². The van der Waals surface area contributed by atoms with Crippen molar-refractivity contribution < 1.29 is 4.79 Å². The molecule has 2 heterocycles. The Morgan fingerprint density at radius 1 is 1.62 bits per heavy atom. The van der Waals surface area contributed by atoms with Gasteiger partial charge in [-0.25, -0.2) is 0 Å². The fourth-order valence-electron chi connectivity index (χ4n) is 1.77. The number of hydrogen-bond acceptors (Lipinski definition) is 2. The van der Waals surface area contributed by atoms with Gasteiger partial charge in [0.15, 0.2) is 0 Å². The summed E-state index contributed by atoms with van der Waals surface area (Å²) in [5.41, 5.74) is 0. The van der Waals surface area contributed by atoms with Gasteiger partial charge in [0.1, 0.15) is 0 Å². The van der Waals surface area contributed by atoms with E-state index in [-0.39, 0.29) is 6.04 Å². The maximum absolute atomic E-state index is 10.5. The van der Waals surface area contributed by atoms with Crippen molar-refractivity contribution in [2.75, 3.05) is 6.54 Å². The Kier molecular flexibility index (Phi) is 2.29.